The number of nitrogens with one attached hydrogen (secondary N) is 1. The van der Waals surface area contributed by atoms with E-state index in [0.29, 0.717) is 13.0 Å². The third-order valence-corrected chi connectivity index (χ3v) is 5.06. The maximum atomic E-state index is 12.6. The molecule has 1 N–H and O–H groups in total. The van der Waals surface area contributed by atoms with Crippen molar-refractivity contribution in [2.75, 3.05) is 32.0 Å². The molecule has 2 saturated heterocycles. The van der Waals surface area contributed by atoms with Gasteiger partial charge in [0.05, 0.1) is 12.0 Å². The van der Waals surface area contributed by atoms with Crippen LogP contribution >= 0.6 is 0 Å². The Morgan fingerprint density at radius 1 is 1.08 bits per heavy atom. The number of likely N-dealkylation sites (N-methyl/N-ethyl adjacent to an activating group) is 1. The number of hydrogen-bond acceptors (Lipinski definition) is 3. The highest BCUT2D eigenvalue weighted by atomic mass is 16.2. The van der Waals surface area contributed by atoms with Gasteiger partial charge in [-0.05, 0) is 18.5 Å². The van der Waals surface area contributed by atoms with Crippen LogP contribution in [0.4, 0.5) is 5.69 Å². The van der Waals surface area contributed by atoms with Gasteiger partial charge in [0.25, 0.3) is 0 Å². The number of nitrogens with zero attached hydrogens (tertiary/aromatic N) is 2. The summed E-state index contributed by atoms with van der Waals surface area (Å²) in [7, 11) is 2.04. The van der Waals surface area contributed by atoms with E-state index in [1.165, 1.54) is 0 Å². The zero-order valence-electron chi connectivity index (χ0n) is 13.7. The first kappa shape index (κ1) is 15.1. The third kappa shape index (κ3) is 2.65. The molecule has 2 heterocycles. The van der Waals surface area contributed by atoms with Crippen molar-refractivity contribution in [3.63, 3.8) is 0 Å². The van der Waals surface area contributed by atoms with E-state index >= 15 is 0 Å². The Labute approximate surface area is 141 Å². The van der Waals surface area contributed by atoms with Crippen molar-refractivity contribution in [1.29, 1.82) is 0 Å². The third-order valence-electron chi connectivity index (χ3n) is 5.06. The number of amides is 2. The zero-order chi connectivity index (χ0) is 16.7. The van der Waals surface area contributed by atoms with Gasteiger partial charge in [-0.15, -0.1) is 0 Å². The van der Waals surface area contributed by atoms with Crippen molar-refractivity contribution in [1.82, 2.24) is 9.80 Å². The molecule has 124 valence electrons. The van der Waals surface area contributed by atoms with E-state index in [9.17, 15) is 9.59 Å². The average Bonchev–Trinajstić information content (AvgIpc) is 2.94. The molecule has 5 heteroatoms. The Hall–Kier alpha value is -2.40. The van der Waals surface area contributed by atoms with Gasteiger partial charge in [-0.3, -0.25) is 9.59 Å². The number of likely N-dealkylation sites (tertiary alicyclic amines) is 2. The molecular weight excluding hydrogens is 302 g/mol. The largest absolute Gasteiger partial charge is 0.336 e. The Kier molecular flexibility index (Phi) is 3.73. The average molecular weight is 323 g/mol. The van der Waals surface area contributed by atoms with Gasteiger partial charge in [0.15, 0.2) is 0 Å². The van der Waals surface area contributed by atoms with Crippen LogP contribution in [0.3, 0.4) is 0 Å². The normalized spacial score (nSPS) is 22.0. The first-order valence-corrected chi connectivity index (χ1v) is 8.38. The maximum Gasteiger partial charge on any atom is 0.229 e. The van der Waals surface area contributed by atoms with Crippen LogP contribution in [-0.2, 0) is 9.59 Å². The Morgan fingerprint density at radius 3 is 2.62 bits per heavy atom. The fourth-order valence-electron chi connectivity index (χ4n) is 3.69. The lowest BCUT2D eigenvalue weighted by Crippen LogP contribution is -2.58. The highest BCUT2D eigenvalue weighted by Gasteiger charge is 2.41. The number of hydrogen-bond donors (Lipinski definition) is 1. The van der Waals surface area contributed by atoms with Crippen LogP contribution in [-0.4, -0.2) is 54.3 Å². The molecule has 2 aromatic rings. The van der Waals surface area contributed by atoms with Crippen LogP contribution in [0.2, 0.25) is 0 Å². The van der Waals surface area contributed by atoms with Crippen molar-refractivity contribution in [2.24, 2.45) is 5.92 Å². The minimum absolute atomic E-state index is 0.0603. The molecule has 0 bridgehead atoms. The molecular formula is C19H21N3O2. The summed E-state index contributed by atoms with van der Waals surface area (Å²) in [5.41, 5.74) is 0.812. The van der Waals surface area contributed by atoms with Crippen molar-refractivity contribution in [3.05, 3.63) is 42.5 Å². The second-order valence-electron chi connectivity index (χ2n) is 6.84. The van der Waals surface area contributed by atoms with E-state index in [4.69, 9.17) is 0 Å². The maximum absolute atomic E-state index is 12.6. The zero-order valence-corrected chi connectivity index (χ0v) is 13.7. The molecule has 4 rings (SSSR count). The Balaban J connectivity index is 1.47. The van der Waals surface area contributed by atoms with Crippen LogP contribution < -0.4 is 5.32 Å². The van der Waals surface area contributed by atoms with Crippen LogP contribution in [0.25, 0.3) is 10.8 Å². The molecule has 24 heavy (non-hydrogen) atoms. The van der Waals surface area contributed by atoms with E-state index in [2.05, 4.69) is 10.2 Å². The van der Waals surface area contributed by atoms with Crippen molar-refractivity contribution in [2.45, 2.75) is 12.5 Å². The smallest absolute Gasteiger partial charge is 0.229 e. The molecule has 2 aliphatic rings. The summed E-state index contributed by atoms with van der Waals surface area (Å²) < 4.78 is 0. The second kappa shape index (κ2) is 5.91. The molecule has 1 unspecified atom stereocenters. The second-order valence-corrected chi connectivity index (χ2v) is 6.84. The van der Waals surface area contributed by atoms with E-state index in [1.807, 2.05) is 54.4 Å². The molecule has 0 radical (unpaired) electrons. The summed E-state index contributed by atoms with van der Waals surface area (Å²) >= 11 is 0. The first-order chi connectivity index (χ1) is 11.6. The van der Waals surface area contributed by atoms with E-state index in [-0.39, 0.29) is 23.8 Å². The summed E-state index contributed by atoms with van der Waals surface area (Å²) in [6, 6.07) is 14.1. The van der Waals surface area contributed by atoms with Crippen LogP contribution in [0.1, 0.15) is 6.42 Å². The topological polar surface area (TPSA) is 52.6 Å². The molecule has 5 nitrogen and oxygen atoms in total. The standard InChI is InChI=1S/C19H21N3O2/c1-21-11-15(12-21)22-10-14(9-18(22)23)19(24)20-17-8-4-6-13-5-2-3-7-16(13)17/h2-8,14-15H,9-12H2,1H3,(H,20,24). The van der Waals surface area contributed by atoms with E-state index in [0.717, 1.165) is 29.5 Å². The van der Waals surface area contributed by atoms with Crippen LogP contribution in [0.5, 0.6) is 0 Å². The van der Waals surface area contributed by atoms with Gasteiger partial charge < -0.3 is 15.1 Å². The molecule has 2 fully saturated rings. The predicted molar refractivity (Wildman–Crippen MR) is 93.7 cm³/mol. The molecule has 0 aliphatic carbocycles. The summed E-state index contributed by atoms with van der Waals surface area (Å²) in [4.78, 5) is 28.9. The first-order valence-electron chi connectivity index (χ1n) is 8.38. The summed E-state index contributed by atoms with van der Waals surface area (Å²) in [5.74, 6) is -0.219. The van der Waals surface area contributed by atoms with Crippen molar-refractivity contribution in [3.8, 4) is 0 Å². The van der Waals surface area contributed by atoms with Gasteiger partial charge in [-0.25, -0.2) is 0 Å². The van der Waals surface area contributed by atoms with E-state index in [1.54, 1.807) is 0 Å². The number of benzene rings is 2. The lowest BCUT2D eigenvalue weighted by atomic mass is 10.1. The van der Waals surface area contributed by atoms with E-state index < -0.39 is 0 Å². The Bertz CT molecular complexity index is 793. The summed E-state index contributed by atoms with van der Waals surface area (Å²) in [6.45, 7) is 2.35. The molecule has 2 aromatic carbocycles. The highest BCUT2D eigenvalue weighted by molar-refractivity contribution is 6.04. The predicted octanol–water partition coefficient (Wildman–Crippen LogP) is 1.94. The van der Waals surface area contributed by atoms with Crippen LogP contribution in [0, 0.1) is 5.92 Å². The number of rotatable bonds is 3. The van der Waals surface area contributed by atoms with Crippen molar-refractivity contribution < 1.29 is 9.59 Å². The van der Waals surface area contributed by atoms with Gasteiger partial charge in [-0.1, -0.05) is 36.4 Å². The van der Waals surface area contributed by atoms with Gasteiger partial charge >= 0.3 is 0 Å². The fraction of sp³-hybridized carbons (Fsp3) is 0.368. The number of anilines is 1. The molecule has 2 aliphatic heterocycles. The summed E-state index contributed by atoms with van der Waals surface area (Å²) in [6.07, 6.45) is 0.316. The molecule has 1 atom stereocenters. The monoisotopic (exact) mass is 323 g/mol. The van der Waals surface area contributed by atoms with Crippen LogP contribution in [0.15, 0.2) is 42.5 Å². The quantitative estimate of drug-likeness (QED) is 0.939. The van der Waals surface area contributed by atoms with Gasteiger partial charge in [-0.2, -0.15) is 0 Å². The van der Waals surface area contributed by atoms with Gasteiger partial charge in [0.1, 0.15) is 0 Å². The highest BCUT2D eigenvalue weighted by Crippen LogP contribution is 2.27. The number of fused-ring (bicyclic) bond motifs is 1. The fourth-order valence-corrected chi connectivity index (χ4v) is 3.69. The van der Waals surface area contributed by atoms with Gasteiger partial charge in [0, 0.05) is 37.1 Å². The summed E-state index contributed by atoms with van der Waals surface area (Å²) in [5, 5.41) is 5.14. The SMILES string of the molecule is CN1CC(N2CC(C(=O)Nc3cccc4ccccc34)CC2=O)C1. The van der Waals surface area contributed by atoms with Crippen molar-refractivity contribution >= 4 is 28.3 Å². The minimum Gasteiger partial charge on any atom is -0.336 e. The molecule has 0 aromatic heterocycles. The molecule has 0 spiro atoms. The lowest BCUT2D eigenvalue weighted by Gasteiger charge is -2.42. The number of carbonyl (C=O) groups is 2. The number of carbonyl (C=O) groups excluding carboxylic acids is 2. The van der Waals surface area contributed by atoms with Gasteiger partial charge in [0.2, 0.25) is 11.8 Å². The minimum atomic E-state index is -0.262. The molecule has 0 saturated carbocycles. The Morgan fingerprint density at radius 2 is 1.83 bits per heavy atom. The molecule has 2 amide bonds. The lowest BCUT2D eigenvalue weighted by molar-refractivity contribution is -0.132.